The van der Waals surface area contributed by atoms with Gasteiger partial charge in [0.2, 0.25) is 0 Å². The molecule has 1 aromatic heterocycles. The van der Waals surface area contributed by atoms with E-state index in [0.717, 1.165) is 32.9 Å². The summed E-state index contributed by atoms with van der Waals surface area (Å²) in [7, 11) is 0. The molecule has 0 saturated heterocycles. The third-order valence-corrected chi connectivity index (χ3v) is 3.29. The second kappa shape index (κ2) is 4.98. The van der Waals surface area contributed by atoms with Crippen molar-refractivity contribution >= 4 is 22.5 Å². The maximum atomic E-state index is 6.00. The summed E-state index contributed by atoms with van der Waals surface area (Å²) in [4.78, 5) is 3.39. The first kappa shape index (κ1) is 12.1. The summed E-state index contributed by atoms with van der Waals surface area (Å²) < 4.78 is 5.44. The van der Waals surface area contributed by atoms with Crippen LogP contribution in [-0.4, -0.2) is 11.6 Å². The van der Waals surface area contributed by atoms with Crippen LogP contribution in [0.4, 0.5) is 0 Å². The summed E-state index contributed by atoms with van der Waals surface area (Å²) >= 11 is 6.00. The summed E-state index contributed by atoms with van der Waals surface area (Å²) in [5, 5.41) is 1.88. The van der Waals surface area contributed by atoms with Gasteiger partial charge in [-0.25, -0.2) is 0 Å². The van der Waals surface area contributed by atoms with Crippen molar-refractivity contribution in [3.63, 3.8) is 0 Å². The number of nitrogens with one attached hydrogen (secondary N) is 1. The summed E-state index contributed by atoms with van der Waals surface area (Å²) in [6, 6.07) is 16.0. The molecule has 3 heteroatoms. The van der Waals surface area contributed by atoms with Crippen LogP contribution < -0.4 is 4.74 Å². The molecule has 0 radical (unpaired) electrons. The van der Waals surface area contributed by atoms with E-state index in [0.29, 0.717) is 6.61 Å². The average Bonchev–Trinajstić information content (AvgIpc) is 2.83. The second-order valence-corrected chi connectivity index (χ2v) is 4.81. The van der Waals surface area contributed by atoms with Crippen molar-refractivity contribution in [1.29, 1.82) is 0 Å². The van der Waals surface area contributed by atoms with Crippen LogP contribution in [-0.2, 0) is 0 Å². The molecule has 3 aromatic rings. The zero-order valence-electron chi connectivity index (χ0n) is 10.6. The first-order valence-corrected chi connectivity index (χ1v) is 6.65. The number of aromatic amines is 1. The minimum Gasteiger partial charge on any atom is -0.494 e. The fourth-order valence-corrected chi connectivity index (χ4v) is 2.34. The Morgan fingerprint density at radius 1 is 1.05 bits per heavy atom. The van der Waals surface area contributed by atoms with E-state index in [4.69, 9.17) is 16.3 Å². The van der Waals surface area contributed by atoms with Crippen LogP contribution in [0.1, 0.15) is 6.92 Å². The lowest BCUT2D eigenvalue weighted by Crippen LogP contribution is -1.90. The molecule has 19 heavy (non-hydrogen) atoms. The van der Waals surface area contributed by atoms with Gasteiger partial charge >= 0.3 is 0 Å². The highest BCUT2D eigenvalue weighted by Crippen LogP contribution is 2.27. The van der Waals surface area contributed by atoms with Gasteiger partial charge in [-0.05, 0) is 61.0 Å². The standard InChI is InChI=1S/C16H14ClNO/c1-2-19-14-6-3-11(4-7-14)16-10-12-9-13(17)5-8-15(12)18-16/h3-10,18H,2H2,1H3. The molecular weight excluding hydrogens is 258 g/mol. The second-order valence-electron chi connectivity index (χ2n) is 4.37. The van der Waals surface area contributed by atoms with E-state index in [1.54, 1.807) is 0 Å². The highest BCUT2D eigenvalue weighted by Gasteiger charge is 2.04. The van der Waals surface area contributed by atoms with Crippen LogP contribution in [0, 0.1) is 0 Å². The molecule has 0 amide bonds. The van der Waals surface area contributed by atoms with Crippen molar-refractivity contribution in [2.24, 2.45) is 0 Å². The van der Waals surface area contributed by atoms with E-state index >= 15 is 0 Å². The smallest absolute Gasteiger partial charge is 0.119 e. The SMILES string of the molecule is CCOc1ccc(-c2cc3cc(Cl)ccc3[nH]2)cc1. The summed E-state index contributed by atoms with van der Waals surface area (Å²) in [5.41, 5.74) is 3.31. The predicted molar refractivity (Wildman–Crippen MR) is 79.9 cm³/mol. The van der Waals surface area contributed by atoms with Crippen LogP contribution in [0.3, 0.4) is 0 Å². The summed E-state index contributed by atoms with van der Waals surface area (Å²) in [6.45, 7) is 2.67. The van der Waals surface area contributed by atoms with Gasteiger partial charge in [-0.2, -0.15) is 0 Å². The fourth-order valence-electron chi connectivity index (χ4n) is 2.16. The minimum atomic E-state index is 0.685. The van der Waals surface area contributed by atoms with Crippen LogP contribution in [0.5, 0.6) is 5.75 Å². The van der Waals surface area contributed by atoms with Crippen LogP contribution in [0.25, 0.3) is 22.2 Å². The largest absolute Gasteiger partial charge is 0.494 e. The molecule has 0 spiro atoms. The zero-order valence-corrected chi connectivity index (χ0v) is 11.4. The van der Waals surface area contributed by atoms with Gasteiger partial charge in [0, 0.05) is 21.6 Å². The number of ether oxygens (including phenoxy) is 1. The van der Waals surface area contributed by atoms with Crippen molar-refractivity contribution in [2.45, 2.75) is 6.92 Å². The van der Waals surface area contributed by atoms with E-state index in [2.05, 4.69) is 23.2 Å². The molecule has 0 bridgehead atoms. The van der Waals surface area contributed by atoms with E-state index in [9.17, 15) is 0 Å². The lowest BCUT2D eigenvalue weighted by molar-refractivity contribution is 0.340. The number of H-pyrrole nitrogens is 1. The molecule has 0 aliphatic carbocycles. The van der Waals surface area contributed by atoms with E-state index in [1.807, 2.05) is 37.3 Å². The van der Waals surface area contributed by atoms with Gasteiger partial charge < -0.3 is 9.72 Å². The number of benzene rings is 2. The van der Waals surface area contributed by atoms with Gasteiger partial charge in [0.1, 0.15) is 5.75 Å². The topological polar surface area (TPSA) is 25.0 Å². The summed E-state index contributed by atoms with van der Waals surface area (Å²) in [5.74, 6) is 0.894. The maximum absolute atomic E-state index is 6.00. The molecule has 0 aliphatic rings. The molecule has 0 saturated carbocycles. The third-order valence-electron chi connectivity index (χ3n) is 3.06. The Balaban J connectivity index is 1.99. The van der Waals surface area contributed by atoms with Crippen molar-refractivity contribution in [3.8, 4) is 17.0 Å². The van der Waals surface area contributed by atoms with E-state index < -0.39 is 0 Å². The van der Waals surface area contributed by atoms with Crippen molar-refractivity contribution in [3.05, 3.63) is 53.6 Å². The Morgan fingerprint density at radius 3 is 2.58 bits per heavy atom. The third kappa shape index (κ3) is 2.45. The van der Waals surface area contributed by atoms with Gasteiger partial charge in [0.25, 0.3) is 0 Å². The normalized spacial score (nSPS) is 10.8. The maximum Gasteiger partial charge on any atom is 0.119 e. The number of halogens is 1. The van der Waals surface area contributed by atoms with Gasteiger partial charge in [-0.15, -0.1) is 0 Å². The molecule has 0 aliphatic heterocycles. The van der Waals surface area contributed by atoms with E-state index in [-0.39, 0.29) is 0 Å². The average molecular weight is 272 g/mol. The molecule has 96 valence electrons. The highest BCUT2D eigenvalue weighted by molar-refractivity contribution is 6.31. The Kier molecular flexibility index (Phi) is 3.18. The lowest BCUT2D eigenvalue weighted by Gasteiger charge is -2.03. The van der Waals surface area contributed by atoms with Crippen LogP contribution in [0.15, 0.2) is 48.5 Å². The van der Waals surface area contributed by atoms with Crippen LogP contribution in [0.2, 0.25) is 5.02 Å². The zero-order chi connectivity index (χ0) is 13.2. The number of hydrogen-bond acceptors (Lipinski definition) is 1. The molecule has 1 heterocycles. The Labute approximate surface area is 117 Å². The molecule has 2 nitrogen and oxygen atoms in total. The van der Waals surface area contributed by atoms with Crippen molar-refractivity contribution in [1.82, 2.24) is 4.98 Å². The van der Waals surface area contributed by atoms with Crippen molar-refractivity contribution < 1.29 is 4.74 Å². The number of rotatable bonds is 3. The first-order chi connectivity index (χ1) is 9.26. The summed E-state index contributed by atoms with van der Waals surface area (Å²) in [6.07, 6.45) is 0. The minimum absolute atomic E-state index is 0.685. The molecule has 1 N–H and O–H groups in total. The monoisotopic (exact) mass is 271 g/mol. The molecule has 0 unspecified atom stereocenters. The van der Waals surface area contributed by atoms with Crippen LogP contribution >= 0.6 is 11.6 Å². The van der Waals surface area contributed by atoms with E-state index in [1.165, 1.54) is 0 Å². The van der Waals surface area contributed by atoms with Gasteiger partial charge in [0.05, 0.1) is 6.61 Å². The molecule has 0 fully saturated rings. The molecule has 3 rings (SSSR count). The van der Waals surface area contributed by atoms with Gasteiger partial charge in [-0.3, -0.25) is 0 Å². The van der Waals surface area contributed by atoms with Crippen molar-refractivity contribution in [2.75, 3.05) is 6.61 Å². The number of aromatic nitrogens is 1. The van der Waals surface area contributed by atoms with Gasteiger partial charge in [0.15, 0.2) is 0 Å². The predicted octanol–water partition coefficient (Wildman–Crippen LogP) is 4.89. The highest BCUT2D eigenvalue weighted by atomic mass is 35.5. The molecule has 0 atom stereocenters. The molecule has 2 aromatic carbocycles. The quantitative estimate of drug-likeness (QED) is 0.721. The lowest BCUT2D eigenvalue weighted by atomic mass is 10.1. The van der Waals surface area contributed by atoms with Gasteiger partial charge in [-0.1, -0.05) is 11.6 Å². The Bertz CT molecular complexity index is 700. The molecular formula is C16H14ClNO. The number of fused-ring (bicyclic) bond motifs is 1. The number of hydrogen-bond donors (Lipinski definition) is 1. The Morgan fingerprint density at radius 2 is 1.84 bits per heavy atom. The fraction of sp³-hybridized carbons (Fsp3) is 0.125. The first-order valence-electron chi connectivity index (χ1n) is 6.28. The Hall–Kier alpha value is -1.93.